The Labute approximate surface area is 148 Å². The number of nitrogens with one attached hydrogen (secondary N) is 1. The second-order valence-corrected chi connectivity index (χ2v) is 7.03. The summed E-state index contributed by atoms with van der Waals surface area (Å²) in [7, 11) is 0. The maximum absolute atomic E-state index is 12.3. The number of carbonyl (C=O) groups excluding carboxylic acids is 2. The van der Waals surface area contributed by atoms with E-state index in [1.54, 1.807) is 12.1 Å². The van der Waals surface area contributed by atoms with Crippen molar-refractivity contribution in [3.8, 4) is 0 Å². The molecule has 1 amide bonds. The molecule has 2 heterocycles. The third-order valence-corrected chi connectivity index (χ3v) is 5.07. The molecule has 0 saturated heterocycles. The van der Waals surface area contributed by atoms with E-state index in [2.05, 4.69) is 10.3 Å². The normalized spacial score (nSPS) is 17.0. The van der Waals surface area contributed by atoms with Crippen LogP contribution in [0.4, 0.5) is 5.82 Å². The molecule has 0 fully saturated rings. The third-order valence-electron chi connectivity index (χ3n) is 3.55. The molecule has 0 radical (unpaired) electrons. The highest BCUT2D eigenvalue weighted by atomic mass is 35.5. The molecule has 24 heavy (non-hydrogen) atoms. The van der Waals surface area contributed by atoms with Crippen molar-refractivity contribution < 1.29 is 14.3 Å². The first kappa shape index (κ1) is 16.8. The van der Waals surface area contributed by atoms with Gasteiger partial charge in [-0.05, 0) is 37.1 Å². The first-order valence-electron chi connectivity index (χ1n) is 7.40. The lowest BCUT2D eigenvalue weighted by atomic mass is 10.1. The van der Waals surface area contributed by atoms with Gasteiger partial charge in [0.25, 0.3) is 5.91 Å². The van der Waals surface area contributed by atoms with Crippen LogP contribution in [0.2, 0.25) is 5.02 Å². The van der Waals surface area contributed by atoms with Crippen molar-refractivity contribution >= 4 is 41.1 Å². The fourth-order valence-electron chi connectivity index (χ4n) is 2.29. The molecule has 7 heteroatoms. The van der Waals surface area contributed by atoms with Crippen molar-refractivity contribution in [1.82, 2.24) is 4.98 Å². The van der Waals surface area contributed by atoms with Crippen molar-refractivity contribution in [1.29, 1.82) is 0 Å². The summed E-state index contributed by atoms with van der Waals surface area (Å²) < 4.78 is 5.30. The van der Waals surface area contributed by atoms with Crippen molar-refractivity contribution in [3.63, 3.8) is 0 Å². The van der Waals surface area contributed by atoms with Crippen LogP contribution in [-0.4, -0.2) is 28.2 Å². The van der Waals surface area contributed by atoms with Crippen molar-refractivity contribution in [2.45, 2.75) is 29.6 Å². The lowest BCUT2D eigenvalue weighted by molar-refractivity contribution is -0.152. The van der Waals surface area contributed by atoms with E-state index < -0.39 is 12.0 Å². The molecule has 1 aromatic carbocycles. The number of halogens is 1. The van der Waals surface area contributed by atoms with Gasteiger partial charge in [-0.3, -0.25) is 9.59 Å². The first-order valence-corrected chi connectivity index (χ1v) is 8.66. The Morgan fingerprint density at radius 3 is 2.83 bits per heavy atom. The Morgan fingerprint density at radius 2 is 2.12 bits per heavy atom. The molecular formula is C17H15ClN2O3S. The van der Waals surface area contributed by atoms with E-state index in [0.717, 1.165) is 10.5 Å². The number of anilines is 1. The van der Waals surface area contributed by atoms with E-state index in [1.165, 1.54) is 24.9 Å². The van der Waals surface area contributed by atoms with Gasteiger partial charge in [0.1, 0.15) is 11.1 Å². The number of aromatic nitrogens is 1. The Bertz CT molecular complexity index is 742. The quantitative estimate of drug-likeness (QED) is 0.845. The highest BCUT2D eigenvalue weighted by molar-refractivity contribution is 8.01. The number of fused-ring (bicyclic) bond motifs is 1. The molecule has 5 nitrogen and oxygen atoms in total. The minimum Gasteiger partial charge on any atom is -0.452 e. The number of benzene rings is 1. The molecule has 1 N–H and O–H groups in total. The first-order chi connectivity index (χ1) is 11.5. The SMILES string of the molecule is C[C@@H](OC(=O)[C@H]1Cc2ccccc2S1)C(=O)Nc1ccc(Cl)cn1. The topological polar surface area (TPSA) is 68.3 Å². The fourth-order valence-corrected chi connectivity index (χ4v) is 3.59. The molecule has 0 aliphatic carbocycles. The number of ether oxygens (including phenoxy) is 1. The summed E-state index contributed by atoms with van der Waals surface area (Å²) in [6.45, 7) is 1.54. The minimum absolute atomic E-state index is 0.314. The van der Waals surface area contributed by atoms with E-state index >= 15 is 0 Å². The summed E-state index contributed by atoms with van der Waals surface area (Å²) in [4.78, 5) is 29.4. The Kier molecular flexibility index (Phi) is 5.06. The molecular weight excluding hydrogens is 348 g/mol. The van der Waals surface area contributed by atoms with Crippen LogP contribution in [0.3, 0.4) is 0 Å². The summed E-state index contributed by atoms with van der Waals surface area (Å²) in [5, 5.41) is 2.75. The average molecular weight is 363 g/mol. The fraction of sp³-hybridized carbons (Fsp3) is 0.235. The molecule has 0 saturated carbocycles. The predicted molar refractivity (Wildman–Crippen MR) is 93.2 cm³/mol. The van der Waals surface area contributed by atoms with Crippen LogP contribution in [0.25, 0.3) is 0 Å². The molecule has 0 unspecified atom stereocenters. The van der Waals surface area contributed by atoms with E-state index in [-0.39, 0.29) is 11.2 Å². The zero-order chi connectivity index (χ0) is 17.1. The van der Waals surface area contributed by atoms with Crippen LogP contribution < -0.4 is 5.32 Å². The second kappa shape index (κ2) is 7.23. The largest absolute Gasteiger partial charge is 0.452 e. The van der Waals surface area contributed by atoms with Gasteiger partial charge in [0.2, 0.25) is 0 Å². The average Bonchev–Trinajstić information content (AvgIpc) is 3.01. The zero-order valence-electron chi connectivity index (χ0n) is 12.9. The second-order valence-electron chi connectivity index (χ2n) is 5.35. The van der Waals surface area contributed by atoms with Gasteiger partial charge in [-0.1, -0.05) is 29.8 Å². The van der Waals surface area contributed by atoms with Crippen LogP contribution in [-0.2, 0) is 20.7 Å². The molecule has 2 aromatic rings. The van der Waals surface area contributed by atoms with E-state index in [0.29, 0.717) is 17.3 Å². The summed E-state index contributed by atoms with van der Waals surface area (Å²) in [5.74, 6) is -0.462. The van der Waals surface area contributed by atoms with Crippen LogP contribution in [0.1, 0.15) is 12.5 Å². The van der Waals surface area contributed by atoms with E-state index in [1.807, 2.05) is 24.3 Å². The van der Waals surface area contributed by atoms with E-state index in [4.69, 9.17) is 16.3 Å². The van der Waals surface area contributed by atoms with Crippen molar-refractivity contribution in [3.05, 3.63) is 53.2 Å². The Morgan fingerprint density at radius 1 is 1.33 bits per heavy atom. The predicted octanol–water partition coefficient (Wildman–Crippen LogP) is 3.32. The smallest absolute Gasteiger partial charge is 0.320 e. The van der Waals surface area contributed by atoms with Crippen LogP contribution >= 0.6 is 23.4 Å². The summed E-state index contributed by atoms with van der Waals surface area (Å²) in [5.41, 5.74) is 1.13. The number of pyridine rings is 1. The maximum Gasteiger partial charge on any atom is 0.320 e. The molecule has 1 aromatic heterocycles. The Hall–Kier alpha value is -2.05. The number of esters is 1. The molecule has 2 atom stereocenters. The number of rotatable bonds is 4. The lowest BCUT2D eigenvalue weighted by Crippen LogP contribution is -2.33. The molecule has 3 rings (SSSR count). The molecule has 0 bridgehead atoms. The number of hydrogen-bond donors (Lipinski definition) is 1. The lowest BCUT2D eigenvalue weighted by Gasteiger charge is -2.15. The summed E-state index contributed by atoms with van der Waals surface area (Å²) >= 11 is 7.21. The van der Waals surface area contributed by atoms with Crippen LogP contribution in [0.5, 0.6) is 0 Å². The number of amides is 1. The molecule has 1 aliphatic rings. The maximum atomic E-state index is 12.3. The Balaban J connectivity index is 1.54. The van der Waals surface area contributed by atoms with Crippen molar-refractivity contribution in [2.24, 2.45) is 0 Å². The van der Waals surface area contributed by atoms with Gasteiger partial charge in [0, 0.05) is 11.1 Å². The van der Waals surface area contributed by atoms with Gasteiger partial charge in [0.15, 0.2) is 6.10 Å². The number of thioether (sulfide) groups is 1. The molecule has 1 aliphatic heterocycles. The number of hydrogen-bond acceptors (Lipinski definition) is 5. The van der Waals surface area contributed by atoms with Gasteiger partial charge in [-0.2, -0.15) is 0 Å². The van der Waals surface area contributed by atoms with Crippen molar-refractivity contribution in [2.75, 3.05) is 5.32 Å². The van der Waals surface area contributed by atoms with Crippen LogP contribution in [0.15, 0.2) is 47.5 Å². The minimum atomic E-state index is -0.903. The monoisotopic (exact) mass is 362 g/mol. The van der Waals surface area contributed by atoms with Gasteiger partial charge in [0.05, 0.1) is 5.02 Å². The van der Waals surface area contributed by atoms with Gasteiger partial charge >= 0.3 is 5.97 Å². The standard InChI is InChI=1S/C17H15ClN2O3S/c1-10(16(21)20-15-7-6-12(18)9-19-15)23-17(22)14-8-11-4-2-3-5-13(11)24-14/h2-7,9-10,14H,8H2,1H3,(H,19,20,21)/t10-,14-/m1/s1. The zero-order valence-corrected chi connectivity index (χ0v) is 14.4. The van der Waals surface area contributed by atoms with Gasteiger partial charge < -0.3 is 10.1 Å². The number of carbonyl (C=O) groups is 2. The van der Waals surface area contributed by atoms with Gasteiger partial charge in [-0.25, -0.2) is 4.98 Å². The van der Waals surface area contributed by atoms with E-state index in [9.17, 15) is 9.59 Å². The van der Waals surface area contributed by atoms with Gasteiger partial charge in [-0.15, -0.1) is 11.8 Å². The highest BCUT2D eigenvalue weighted by Gasteiger charge is 2.31. The molecule has 124 valence electrons. The number of nitrogens with zero attached hydrogens (tertiary/aromatic N) is 1. The summed E-state index contributed by atoms with van der Waals surface area (Å²) in [6, 6.07) is 11.1. The summed E-state index contributed by atoms with van der Waals surface area (Å²) in [6.07, 6.45) is 1.15. The van der Waals surface area contributed by atoms with Crippen LogP contribution in [0, 0.1) is 0 Å². The highest BCUT2D eigenvalue weighted by Crippen LogP contribution is 2.37. The molecule has 0 spiro atoms. The third kappa shape index (κ3) is 3.88.